The molecule has 1 aromatic carbocycles. The fraction of sp³-hybridized carbons (Fsp3) is 0.650. The quantitative estimate of drug-likeness (QED) is 0.744. The van der Waals surface area contributed by atoms with Crippen LogP contribution in [0.3, 0.4) is 0 Å². The lowest BCUT2D eigenvalue weighted by molar-refractivity contribution is -0.160. The maximum Gasteiger partial charge on any atom is 0.325 e. The molecule has 1 aromatic rings. The standard InChI is InChI=1S/C20H31NO5/c1-14(23-3)9-10-25-19-15(2)26-20(22)18(21)13-24-12-17(19)11-16-7-5-4-6-8-16/h4-8,14-15,17-19H,9-13,21H2,1-3H3/t14?,15-,17-,18-,19-/m0/s1. The molecule has 0 spiro atoms. The fourth-order valence-corrected chi connectivity index (χ4v) is 3.08. The minimum atomic E-state index is -0.762. The van der Waals surface area contributed by atoms with Gasteiger partial charge in [-0.3, -0.25) is 4.79 Å². The summed E-state index contributed by atoms with van der Waals surface area (Å²) in [6.07, 6.45) is 0.992. The van der Waals surface area contributed by atoms with Crippen LogP contribution in [0.1, 0.15) is 25.8 Å². The number of hydrogen-bond acceptors (Lipinski definition) is 6. The van der Waals surface area contributed by atoms with Crippen LogP contribution in [-0.2, 0) is 30.2 Å². The molecule has 0 aromatic heterocycles. The van der Waals surface area contributed by atoms with Crippen molar-refractivity contribution in [3.05, 3.63) is 35.9 Å². The summed E-state index contributed by atoms with van der Waals surface area (Å²) in [5.74, 6) is -0.389. The van der Waals surface area contributed by atoms with E-state index in [4.69, 9.17) is 24.7 Å². The van der Waals surface area contributed by atoms with Crippen LogP contribution < -0.4 is 5.73 Å². The molecule has 0 amide bonds. The first-order chi connectivity index (χ1) is 12.5. The van der Waals surface area contributed by atoms with Gasteiger partial charge in [0, 0.05) is 19.6 Å². The predicted molar refractivity (Wildman–Crippen MR) is 98.8 cm³/mol. The summed E-state index contributed by atoms with van der Waals surface area (Å²) >= 11 is 0. The molecule has 0 saturated carbocycles. The molecule has 0 aliphatic carbocycles. The van der Waals surface area contributed by atoms with Crippen LogP contribution in [0.25, 0.3) is 0 Å². The molecule has 6 nitrogen and oxygen atoms in total. The molecule has 26 heavy (non-hydrogen) atoms. The van der Waals surface area contributed by atoms with Crippen molar-refractivity contribution in [2.75, 3.05) is 26.9 Å². The molecule has 6 heteroatoms. The van der Waals surface area contributed by atoms with Crippen LogP contribution in [0.4, 0.5) is 0 Å². The molecule has 1 aliphatic heterocycles. The first kappa shape index (κ1) is 20.8. The van der Waals surface area contributed by atoms with E-state index >= 15 is 0 Å². The Bertz CT molecular complexity index is 538. The smallest absolute Gasteiger partial charge is 0.325 e. The zero-order valence-corrected chi connectivity index (χ0v) is 15.9. The van der Waals surface area contributed by atoms with Gasteiger partial charge in [-0.1, -0.05) is 30.3 Å². The van der Waals surface area contributed by atoms with E-state index in [2.05, 4.69) is 12.1 Å². The highest BCUT2D eigenvalue weighted by molar-refractivity contribution is 5.75. The number of methoxy groups -OCH3 is 1. The fourth-order valence-electron chi connectivity index (χ4n) is 3.08. The molecule has 1 saturated heterocycles. The van der Waals surface area contributed by atoms with Crippen molar-refractivity contribution in [1.29, 1.82) is 0 Å². The zero-order valence-electron chi connectivity index (χ0n) is 15.9. The van der Waals surface area contributed by atoms with Gasteiger partial charge in [-0.2, -0.15) is 0 Å². The normalized spacial score (nSPS) is 28.5. The lowest BCUT2D eigenvalue weighted by Gasteiger charge is -2.31. The Balaban J connectivity index is 2.12. The van der Waals surface area contributed by atoms with Crippen molar-refractivity contribution in [2.45, 2.75) is 51.0 Å². The van der Waals surface area contributed by atoms with E-state index in [1.807, 2.05) is 32.0 Å². The van der Waals surface area contributed by atoms with Crippen LogP contribution in [0, 0.1) is 5.92 Å². The molecular weight excluding hydrogens is 334 g/mol. The maximum atomic E-state index is 12.1. The van der Waals surface area contributed by atoms with E-state index in [1.54, 1.807) is 7.11 Å². The second-order valence-electron chi connectivity index (χ2n) is 6.91. The Kier molecular flexibility index (Phi) is 8.51. The summed E-state index contributed by atoms with van der Waals surface area (Å²) in [4.78, 5) is 12.1. The van der Waals surface area contributed by atoms with Crippen molar-refractivity contribution in [2.24, 2.45) is 11.7 Å². The number of carbonyl (C=O) groups excluding carboxylic acids is 1. The molecule has 2 rings (SSSR count). The number of benzene rings is 1. The summed E-state index contributed by atoms with van der Waals surface area (Å²) in [5.41, 5.74) is 7.02. The number of esters is 1. The molecule has 146 valence electrons. The molecule has 0 bridgehead atoms. The second kappa shape index (κ2) is 10.6. The number of ether oxygens (including phenoxy) is 4. The van der Waals surface area contributed by atoms with Gasteiger partial charge < -0.3 is 24.7 Å². The van der Waals surface area contributed by atoms with E-state index < -0.39 is 18.1 Å². The molecule has 1 heterocycles. The van der Waals surface area contributed by atoms with E-state index in [0.717, 1.165) is 12.8 Å². The lowest BCUT2D eigenvalue weighted by atomic mass is 9.91. The van der Waals surface area contributed by atoms with E-state index in [9.17, 15) is 4.79 Å². The first-order valence-corrected chi connectivity index (χ1v) is 9.23. The summed E-state index contributed by atoms with van der Waals surface area (Å²) in [5, 5.41) is 0. The third-order valence-electron chi connectivity index (χ3n) is 4.74. The van der Waals surface area contributed by atoms with Gasteiger partial charge in [0.2, 0.25) is 0 Å². The highest BCUT2D eigenvalue weighted by Crippen LogP contribution is 2.22. The average Bonchev–Trinajstić information content (AvgIpc) is 2.68. The monoisotopic (exact) mass is 365 g/mol. The minimum absolute atomic E-state index is 0.0587. The van der Waals surface area contributed by atoms with Crippen molar-refractivity contribution in [1.82, 2.24) is 0 Å². The van der Waals surface area contributed by atoms with E-state index in [0.29, 0.717) is 13.2 Å². The van der Waals surface area contributed by atoms with Gasteiger partial charge in [0.15, 0.2) is 0 Å². The third kappa shape index (κ3) is 6.36. The summed E-state index contributed by atoms with van der Waals surface area (Å²) in [6.45, 7) is 5.01. The summed E-state index contributed by atoms with van der Waals surface area (Å²) in [7, 11) is 1.68. The van der Waals surface area contributed by atoms with Crippen LogP contribution >= 0.6 is 0 Å². The van der Waals surface area contributed by atoms with Crippen molar-refractivity contribution >= 4 is 5.97 Å². The molecule has 0 radical (unpaired) electrons. The minimum Gasteiger partial charge on any atom is -0.459 e. The van der Waals surface area contributed by atoms with E-state index in [1.165, 1.54) is 5.56 Å². The second-order valence-corrected chi connectivity index (χ2v) is 6.91. The number of rotatable bonds is 7. The van der Waals surface area contributed by atoms with Gasteiger partial charge in [-0.15, -0.1) is 0 Å². The van der Waals surface area contributed by atoms with Crippen LogP contribution in [-0.4, -0.2) is 57.3 Å². The Morgan fingerprint density at radius 2 is 2.00 bits per heavy atom. The Morgan fingerprint density at radius 3 is 2.69 bits per heavy atom. The number of cyclic esters (lactones) is 1. The van der Waals surface area contributed by atoms with Crippen molar-refractivity contribution in [3.8, 4) is 0 Å². The Labute approximate surface area is 155 Å². The zero-order chi connectivity index (χ0) is 18.9. The highest BCUT2D eigenvalue weighted by Gasteiger charge is 2.34. The average molecular weight is 365 g/mol. The lowest BCUT2D eigenvalue weighted by Crippen LogP contribution is -2.42. The Hall–Kier alpha value is -1.47. The topological polar surface area (TPSA) is 80.0 Å². The van der Waals surface area contributed by atoms with Gasteiger partial charge in [-0.25, -0.2) is 0 Å². The van der Waals surface area contributed by atoms with Gasteiger partial charge in [-0.05, 0) is 32.3 Å². The molecule has 5 atom stereocenters. The number of carbonyl (C=O) groups is 1. The van der Waals surface area contributed by atoms with Crippen LogP contribution in [0.15, 0.2) is 30.3 Å². The van der Waals surface area contributed by atoms with Crippen molar-refractivity contribution in [3.63, 3.8) is 0 Å². The van der Waals surface area contributed by atoms with E-state index in [-0.39, 0.29) is 24.7 Å². The van der Waals surface area contributed by atoms with Crippen molar-refractivity contribution < 1.29 is 23.7 Å². The number of nitrogens with two attached hydrogens (primary N) is 1. The van der Waals surface area contributed by atoms with Gasteiger partial charge >= 0.3 is 5.97 Å². The molecule has 1 fully saturated rings. The van der Waals surface area contributed by atoms with Gasteiger partial charge in [0.05, 0.1) is 25.4 Å². The van der Waals surface area contributed by atoms with Gasteiger partial charge in [0.1, 0.15) is 12.1 Å². The maximum absolute atomic E-state index is 12.1. The highest BCUT2D eigenvalue weighted by atomic mass is 16.6. The third-order valence-corrected chi connectivity index (χ3v) is 4.74. The molecular formula is C20H31NO5. The largest absolute Gasteiger partial charge is 0.459 e. The Morgan fingerprint density at radius 1 is 1.27 bits per heavy atom. The molecule has 1 aliphatic rings. The summed E-state index contributed by atoms with van der Waals surface area (Å²) < 4.78 is 22.7. The molecule has 1 unspecified atom stereocenters. The first-order valence-electron chi connectivity index (χ1n) is 9.23. The SMILES string of the molecule is COC(C)CCO[C@@H]1[C@@H](Cc2ccccc2)COC[C@H](N)C(=O)O[C@H]1C. The summed E-state index contributed by atoms with van der Waals surface area (Å²) in [6, 6.07) is 9.43. The van der Waals surface area contributed by atoms with Crippen LogP contribution in [0.5, 0.6) is 0 Å². The molecule has 2 N–H and O–H groups in total. The van der Waals surface area contributed by atoms with Crippen LogP contribution in [0.2, 0.25) is 0 Å². The predicted octanol–water partition coefficient (Wildman–Crippen LogP) is 1.94. The van der Waals surface area contributed by atoms with Gasteiger partial charge in [0.25, 0.3) is 0 Å². The number of hydrogen-bond donors (Lipinski definition) is 1.